The molecule has 0 N–H and O–H groups in total. The van der Waals surface area contributed by atoms with E-state index in [1.807, 2.05) is 47.4 Å². The van der Waals surface area contributed by atoms with Crippen LogP contribution in [-0.4, -0.2) is 13.1 Å². The number of para-hydroxylation sites is 2. The van der Waals surface area contributed by atoms with Crippen molar-refractivity contribution < 1.29 is 9.53 Å². The van der Waals surface area contributed by atoms with Gasteiger partial charge in [0.05, 0.1) is 29.3 Å². The zero-order chi connectivity index (χ0) is 20.1. The lowest BCUT2D eigenvalue weighted by molar-refractivity contribution is -0.139. The van der Waals surface area contributed by atoms with E-state index in [4.69, 9.17) is 27.9 Å². The third-order valence-corrected chi connectivity index (χ3v) is 5.12. The molecule has 3 aromatic carbocycles. The van der Waals surface area contributed by atoms with E-state index in [2.05, 4.69) is 31.2 Å². The number of esters is 1. The van der Waals surface area contributed by atoms with E-state index in [-0.39, 0.29) is 12.4 Å². The van der Waals surface area contributed by atoms with Crippen molar-refractivity contribution in [2.24, 2.45) is 0 Å². The maximum Gasteiger partial charge on any atom is 0.310 e. The lowest BCUT2D eigenvalue weighted by Gasteiger charge is -2.29. The molecular weight excluding hydrogens is 393 g/mol. The number of ether oxygens (including phenoxy) is 1. The number of anilines is 2. The van der Waals surface area contributed by atoms with Crippen LogP contribution in [0, 0.1) is 6.92 Å². The van der Waals surface area contributed by atoms with E-state index in [0.717, 1.165) is 16.8 Å². The first-order chi connectivity index (χ1) is 13.5. The number of hydrogen-bond donors (Lipinski definition) is 0. The van der Waals surface area contributed by atoms with Gasteiger partial charge in [-0.2, -0.15) is 0 Å². The van der Waals surface area contributed by atoms with Gasteiger partial charge in [-0.15, -0.1) is 0 Å². The van der Waals surface area contributed by atoms with Crippen LogP contribution >= 0.6 is 23.2 Å². The molecule has 0 aliphatic heterocycles. The smallest absolute Gasteiger partial charge is 0.310 e. The summed E-state index contributed by atoms with van der Waals surface area (Å²) in [5, 5.41) is 1.10. The minimum atomic E-state index is -0.298. The standard InChI is InChI=1S/C23H21Cl2NO2/c1-16-10-12-17(13-11-16)15-26(23-19(24)7-5-8-20(23)25)21-9-4-3-6-18(21)14-22(27)28-2/h3-13H,14-15H2,1-2H3. The molecule has 0 aliphatic carbocycles. The second kappa shape index (κ2) is 9.13. The molecule has 0 fully saturated rings. The Kier molecular flexibility index (Phi) is 6.61. The fourth-order valence-electron chi connectivity index (χ4n) is 3.06. The molecule has 0 radical (unpaired) electrons. The number of hydrogen-bond acceptors (Lipinski definition) is 3. The molecule has 144 valence electrons. The van der Waals surface area contributed by atoms with Crippen LogP contribution in [0.15, 0.2) is 66.7 Å². The second-order valence-corrected chi connectivity index (χ2v) is 7.34. The molecule has 0 unspecified atom stereocenters. The average molecular weight is 414 g/mol. The van der Waals surface area contributed by atoms with Crippen LogP contribution in [0.25, 0.3) is 0 Å². The summed E-state index contributed by atoms with van der Waals surface area (Å²) < 4.78 is 4.86. The number of methoxy groups -OCH3 is 1. The van der Waals surface area contributed by atoms with Crippen LogP contribution in [0.4, 0.5) is 11.4 Å². The summed E-state index contributed by atoms with van der Waals surface area (Å²) in [5.41, 5.74) is 4.72. The number of halogens is 2. The van der Waals surface area contributed by atoms with Crippen LogP contribution in [-0.2, 0) is 22.5 Å². The highest BCUT2D eigenvalue weighted by atomic mass is 35.5. The number of aryl methyl sites for hydroxylation is 1. The molecule has 5 heteroatoms. The Hall–Kier alpha value is -2.49. The van der Waals surface area contributed by atoms with E-state index in [9.17, 15) is 4.79 Å². The normalized spacial score (nSPS) is 10.6. The summed E-state index contributed by atoms with van der Waals surface area (Å²) >= 11 is 13.1. The molecule has 0 saturated heterocycles. The van der Waals surface area contributed by atoms with Gasteiger partial charge in [-0.1, -0.05) is 77.3 Å². The van der Waals surface area contributed by atoms with E-state index in [1.54, 1.807) is 0 Å². The molecular formula is C23H21Cl2NO2. The topological polar surface area (TPSA) is 29.5 Å². The number of rotatable bonds is 6. The van der Waals surface area contributed by atoms with Crippen molar-refractivity contribution >= 4 is 40.5 Å². The van der Waals surface area contributed by atoms with Gasteiger partial charge in [-0.05, 0) is 36.2 Å². The molecule has 0 atom stereocenters. The van der Waals surface area contributed by atoms with Crippen molar-refractivity contribution in [3.05, 3.63) is 93.5 Å². The predicted octanol–water partition coefficient (Wildman–Crippen LogP) is 6.36. The molecule has 0 bridgehead atoms. The van der Waals surface area contributed by atoms with Crippen LogP contribution in [0.2, 0.25) is 10.0 Å². The fraction of sp³-hybridized carbons (Fsp3) is 0.174. The molecule has 0 heterocycles. The van der Waals surface area contributed by atoms with E-state index in [1.165, 1.54) is 12.7 Å². The molecule has 3 nitrogen and oxygen atoms in total. The van der Waals surface area contributed by atoms with Gasteiger partial charge in [0.2, 0.25) is 0 Å². The molecule has 0 aromatic heterocycles. The van der Waals surface area contributed by atoms with E-state index in [0.29, 0.717) is 22.3 Å². The first kappa shape index (κ1) is 20.2. The van der Waals surface area contributed by atoms with Crippen molar-refractivity contribution in [3.63, 3.8) is 0 Å². The molecule has 28 heavy (non-hydrogen) atoms. The highest BCUT2D eigenvalue weighted by Crippen LogP contribution is 2.40. The van der Waals surface area contributed by atoms with Crippen molar-refractivity contribution in [3.8, 4) is 0 Å². The third kappa shape index (κ3) is 4.67. The number of carbonyl (C=O) groups is 1. The van der Waals surface area contributed by atoms with Gasteiger partial charge >= 0.3 is 5.97 Å². The summed E-state index contributed by atoms with van der Waals surface area (Å²) in [6.07, 6.45) is 0.166. The van der Waals surface area contributed by atoms with Crippen molar-refractivity contribution in [1.82, 2.24) is 0 Å². The maximum absolute atomic E-state index is 11.9. The molecule has 3 aromatic rings. The van der Waals surface area contributed by atoms with Crippen molar-refractivity contribution in [2.75, 3.05) is 12.0 Å². The molecule has 0 saturated carbocycles. The third-order valence-electron chi connectivity index (χ3n) is 4.51. The number of carbonyl (C=O) groups excluding carboxylic acids is 1. The van der Waals surface area contributed by atoms with Crippen molar-refractivity contribution in [2.45, 2.75) is 19.9 Å². The van der Waals surface area contributed by atoms with Crippen LogP contribution in [0.3, 0.4) is 0 Å². The fourth-order valence-corrected chi connectivity index (χ4v) is 3.66. The predicted molar refractivity (Wildman–Crippen MR) is 116 cm³/mol. The van der Waals surface area contributed by atoms with Gasteiger partial charge in [0.1, 0.15) is 0 Å². The molecule has 0 spiro atoms. The average Bonchev–Trinajstić information content (AvgIpc) is 2.69. The number of benzene rings is 3. The van der Waals surface area contributed by atoms with Crippen LogP contribution in [0.5, 0.6) is 0 Å². The Morgan fingerprint density at radius 2 is 1.57 bits per heavy atom. The lowest BCUT2D eigenvalue weighted by atomic mass is 10.1. The Morgan fingerprint density at radius 3 is 2.21 bits per heavy atom. The monoisotopic (exact) mass is 413 g/mol. The molecule has 3 rings (SSSR count). The minimum Gasteiger partial charge on any atom is -0.469 e. The summed E-state index contributed by atoms with van der Waals surface area (Å²) in [4.78, 5) is 14.0. The largest absolute Gasteiger partial charge is 0.469 e. The zero-order valence-corrected chi connectivity index (χ0v) is 17.3. The van der Waals surface area contributed by atoms with Gasteiger partial charge in [-0.3, -0.25) is 4.79 Å². The minimum absolute atomic E-state index is 0.166. The van der Waals surface area contributed by atoms with E-state index < -0.39 is 0 Å². The van der Waals surface area contributed by atoms with Gasteiger partial charge < -0.3 is 9.64 Å². The van der Waals surface area contributed by atoms with Gasteiger partial charge in [0.25, 0.3) is 0 Å². The van der Waals surface area contributed by atoms with E-state index >= 15 is 0 Å². The maximum atomic E-state index is 11.9. The Morgan fingerprint density at radius 1 is 0.929 bits per heavy atom. The van der Waals surface area contributed by atoms with Gasteiger partial charge in [-0.25, -0.2) is 0 Å². The zero-order valence-electron chi connectivity index (χ0n) is 15.8. The molecule has 0 aliphatic rings. The lowest BCUT2D eigenvalue weighted by Crippen LogP contribution is -2.20. The van der Waals surface area contributed by atoms with Crippen LogP contribution in [0.1, 0.15) is 16.7 Å². The summed E-state index contributed by atoms with van der Waals surface area (Å²) in [6, 6.07) is 21.5. The second-order valence-electron chi connectivity index (χ2n) is 6.52. The molecule has 0 amide bonds. The highest BCUT2D eigenvalue weighted by molar-refractivity contribution is 6.39. The Labute approximate surface area is 175 Å². The summed E-state index contributed by atoms with van der Waals surface area (Å²) in [6.45, 7) is 2.61. The summed E-state index contributed by atoms with van der Waals surface area (Å²) in [5.74, 6) is -0.298. The first-order valence-corrected chi connectivity index (χ1v) is 9.67. The van der Waals surface area contributed by atoms with Crippen LogP contribution < -0.4 is 4.90 Å². The quantitative estimate of drug-likeness (QED) is 0.440. The SMILES string of the molecule is COC(=O)Cc1ccccc1N(Cc1ccc(C)cc1)c1c(Cl)cccc1Cl. The Bertz CT molecular complexity index is 950. The highest BCUT2D eigenvalue weighted by Gasteiger charge is 2.20. The first-order valence-electron chi connectivity index (χ1n) is 8.91. The van der Waals surface area contributed by atoms with Gasteiger partial charge in [0, 0.05) is 12.2 Å². The number of nitrogens with zero attached hydrogens (tertiary/aromatic N) is 1. The summed E-state index contributed by atoms with van der Waals surface area (Å²) in [7, 11) is 1.39. The Balaban J connectivity index is 2.12. The van der Waals surface area contributed by atoms with Gasteiger partial charge in [0.15, 0.2) is 0 Å². The van der Waals surface area contributed by atoms with Crippen molar-refractivity contribution in [1.29, 1.82) is 0 Å².